The summed E-state index contributed by atoms with van der Waals surface area (Å²) in [6, 6.07) is 47.6. The Labute approximate surface area is 424 Å². The lowest BCUT2D eigenvalue weighted by atomic mass is 9.33. The molecule has 3 nitrogen and oxygen atoms in total. The van der Waals surface area contributed by atoms with Gasteiger partial charge >= 0.3 is 0 Å². The third kappa shape index (κ3) is 6.89. The van der Waals surface area contributed by atoms with E-state index in [0.717, 1.165) is 36.8 Å². The number of rotatable bonds is 3. The third-order valence-corrected chi connectivity index (χ3v) is 18.0. The number of furan rings is 1. The first-order chi connectivity index (χ1) is 33.4. The van der Waals surface area contributed by atoms with Crippen LogP contribution < -0.4 is 26.2 Å². The number of benzene rings is 7. The summed E-state index contributed by atoms with van der Waals surface area (Å²) in [5, 5.41) is 2.41. The summed E-state index contributed by atoms with van der Waals surface area (Å²) in [5.41, 5.74) is 25.7. The Bertz CT molecular complexity index is 3530. The lowest BCUT2D eigenvalue weighted by Crippen LogP contribution is -2.62. The molecule has 4 aliphatic rings. The van der Waals surface area contributed by atoms with Crippen molar-refractivity contribution in [2.24, 2.45) is 0 Å². The predicted octanol–water partition coefficient (Wildman–Crippen LogP) is 16.9. The Morgan fingerprint density at radius 1 is 0.465 bits per heavy atom. The number of fused-ring (bicyclic) bond motifs is 10. The van der Waals surface area contributed by atoms with Crippen LogP contribution in [0.4, 0.5) is 34.1 Å². The standard InChI is InChI=1S/C67H73BN2O/c1-40-33-42(62(2,3)4)25-27-52(40)69-54-38-48-47(65(10,11)30-31-66(48,12)13)37-51(54)68-50-26-28-57-59(45-36-46-49(39-58(45)71-57)67(14,15)32-29-64(46,8)9)61(50)70(56-35-43(63(5,6)7)34-55(69)60(56)68)53-24-20-19-23-44(53)41-21-17-16-18-22-41/h16-28,33-39H,29-32H2,1-15H3. The van der Waals surface area contributed by atoms with Crippen molar-refractivity contribution in [1.29, 1.82) is 0 Å². The van der Waals surface area contributed by atoms with Crippen LogP contribution >= 0.6 is 0 Å². The van der Waals surface area contributed by atoms with Crippen molar-refractivity contribution in [3.8, 4) is 11.1 Å². The maximum Gasteiger partial charge on any atom is 0.252 e. The van der Waals surface area contributed by atoms with Crippen molar-refractivity contribution >= 4 is 79.2 Å². The van der Waals surface area contributed by atoms with Crippen LogP contribution in [0.15, 0.2) is 126 Å². The highest BCUT2D eigenvalue weighted by Crippen LogP contribution is 2.55. The molecule has 8 aromatic rings. The summed E-state index contributed by atoms with van der Waals surface area (Å²) >= 11 is 0. The van der Waals surface area contributed by atoms with Crippen LogP contribution in [0, 0.1) is 6.92 Å². The van der Waals surface area contributed by atoms with Crippen LogP contribution in [0.2, 0.25) is 0 Å². The van der Waals surface area contributed by atoms with E-state index in [1.165, 1.54) is 111 Å². The first-order valence-corrected chi connectivity index (χ1v) is 26.6. The number of para-hydroxylation sites is 1. The Hall–Kier alpha value is -6.00. The molecule has 7 aromatic carbocycles. The van der Waals surface area contributed by atoms with Gasteiger partial charge in [-0.3, -0.25) is 0 Å². The predicted molar refractivity (Wildman–Crippen MR) is 306 cm³/mol. The van der Waals surface area contributed by atoms with Gasteiger partial charge in [-0.1, -0.05) is 170 Å². The summed E-state index contributed by atoms with van der Waals surface area (Å²) in [5.74, 6) is 0. The van der Waals surface area contributed by atoms with Gasteiger partial charge < -0.3 is 14.2 Å². The minimum atomic E-state index is -0.156. The highest BCUT2D eigenvalue weighted by Gasteiger charge is 2.48. The van der Waals surface area contributed by atoms with Crippen molar-refractivity contribution in [3.63, 3.8) is 0 Å². The molecule has 360 valence electrons. The molecule has 0 saturated heterocycles. The van der Waals surface area contributed by atoms with Crippen LogP contribution in [0.25, 0.3) is 33.1 Å². The van der Waals surface area contributed by atoms with Crippen molar-refractivity contribution in [2.45, 2.75) is 162 Å². The van der Waals surface area contributed by atoms with Gasteiger partial charge in [0.15, 0.2) is 0 Å². The normalized spacial score (nSPS) is 18.2. The van der Waals surface area contributed by atoms with Crippen molar-refractivity contribution in [3.05, 3.63) is 160 Å². The van der Waals surface area contributed by atoms with E-state index in [-0.39, 0.29) is 39.2 Å². The highest BCUT2D eigenvalue weighted by atomic mass is 16.3. The van der Waals surface area contributed by atoms with E-state index in [9.17, 15) is 0 Å². The second-order valence-corrected chi connectivity index (χ2v) is 26.8. The van der Waals surface area contributed by atoms with Crippen LogP contribution in [-0.4, -0.2) is 6.71 Å². The average molecular weight is 933 g/mol. The van der Waals surface area contributed by atoms with Crippen molar-refractivity contribution in [1.82, 2.24) is 0 Å². The molecule has 0 bridgehead atoms. The van der Waals surface area contributed by atoms with Gasteiger partial charge in [0.2, 0.25) is 0 Å². The molecule has 0 unspecified atom stereocenters. The van der Waals surface area contributed by atoms with Crippen LogP contribution in [-0.2, 0) is 32.5 Å². The van der Waals surface area contributed by atoms with Crippen LogP contribution in [0.5, 0.6) is 0 Å². The molecule has 0 radical (unpaired) electrons. The minimum absolute atomic E-state index is 0.0245. The molecule has 0 N–H and O–H groups in total. The van der Waals surface area contributed by atoms with Gasteiger partial charge in [0.1, 0.15) is 11.2 Å². The molecule has 3 heterocycles. The van der Waals surface area contributed by atoms with Gasteiger partial charge in [0, 0.05) is 33.7 Å². The summed E-state index contributed by atoms with van der Waals surface area (Å²) < 4.78 is 7.20. The second-order valence-electron chi connectivity index (χ2n) is 26.8. The maximum absolute atomic E-state index is 7.20. The molecule has 0 amide bonds. The topological polar surface area (TPSA) is 19.6 Å². The second kappa shape index (κ2) is 15.0. The fourth-order valence-corrected chi connectivity index (χ4v) is 13.3. The molecule has 4 heteroatoms. The number of hydrogen-bond donors (Lipinski definition) is 0. The van der Waals surface area contributed by atoms with Crippen molar-refractivity contribution in [2.75, 3.05) is 9.80 Å². The fraction of sp³-hybridized carbons (Fsp3) is 0.373. The van der Waals surface area contributed by atoms with E-state index in [1.54, 1.807) is 0 Å². The quantitative estimate of drug-likeness (QED) is 0.165. The molecule has 2 aliphatic heterocycles. The Morgan fingerprint density at radius 2 is 1.03 bits per heavy atom. The summed E-state index contributed by atoms with van der Waals surface area (Å²) in [7, 11) is 0. The van der Waals surface area contributed by atoms with Crippen LogP contribution in [0.3, 0.4) is 0 Å². The molecule has 2 aliphatic carbocycles. The molecule has 1 aromatic heterocycles. The fourth-order valence-electron chi connectivity index (χ4n) is 13.3. The van der Waals surface area contributed by atoms with E-state index in [0.29, 0.717) is 0 Å². The average Bonchev–Trinajstić information content (AvgIpc) is 3.69. The highest BCUT2D eigenvalue weighted by molar-refractivity contribution is 7.00. The maximum atomic E-state index is 7.20. The van der Waals surface area contributed by atoms with E-state index in [1.807, 2.05) is 0 Å². The van der Waals surface area contributed by atoms with Gasteiger partial charge in [-0.25, -0.2) is 0 Å². The van der Waals surface area contributed by atoms with Gasteiger partial charge in [-0.15, -0.1) is 0 Å². The summed E-state index contributed by atoms with van der Waals surface area (Å²) in [6.45, 7) is 36.1. The molecule has 0 saturated carbocycles. The minimum Gasteiger partial charge on any atom is -0.456 e. The molecule has 0 fully saturated rings. The first-order valence-electron chi connectivity index (χ1n) is 26.6. The van der Waals surface area contributed by atoms with Gasteiger partial charge in [-0.2, -0.15) is 0 Å². The number of anilines is 6. The zero-order chi connectivity index (χ0) is 50.1. The first kappa shape index (κ1) is 46.1. The zero-order valence-corrected chi connectivity index (χ0v) is 45.3. The smallest absolute Gasteiger partial charge is 0.252 e. The Balaban J connectivity index is 1.27. The van der Waals surface area contributed by atoms with Crippen LogP contribution in [0.1, 0.15) is 162 Å². The van der Waals surface area contributed by atoms with Crippen molar-refractivity contribution < 1.29 is 4.42 Å². The number of nitrogens with zero attached hydrogens (tertiary/aromatic N) is 2. The zero-order valence-electron chi connectivity index (χ0n) is 45.3. The third-order valence-electron chi connectivity index (χ3n) is 18.0. The van der Waals surface area contributed by atoms with E-state index in [2.05, 4.69) is 235 Å². The molecular formula is C67H73BN2O. The Morgan fingerprint density at radius 3 is 1.65 bits per heavy atom. The number of aryl methyl sites for hydroxylation is 1. The molecule has 12 rings (SSSR count). The SMILES string of the molecule is Cc1cc(C(C)(C)C)ccc1N1c2cc3c(cc2B2c4ccc5oc6cc7c(cc6c5c4N(c4ccccc4-c4ccccc4)c4cc(C(C)(C)C)cc1c42)C(C)(C)CCC7(C)C)C(C)(C)CCC3(C)C. The van der Waals surface area contributed by atoms with E-state index in [4.69, 9.17) is 4.42 Å². The number of hydrogen-bond acceptors (Lipinski definition) is 3. The van der Waals surface area contributed by atoms with E-state index >= 15 is 0 Å². The molecule has 0 spiro atoms. The lowest BCUT2D eigenvalue weighted by Gasteiger charge is -2.48. The Kier molecular flexibility index (Phi) is 9.76. The van der Waals surface area contributed by atoms with Gasteiger partial charge in [-0.05, 0) is 175 Å². The lowest BCUT2D eigenvalue weighted by molar-refractivity contribution is 0.332. The molecule has 71 heavy (non-hydrogen) atoms. The summed E-state index contributed by atoms with van der Waals surface area (Å²) in [6.07, 6.45) is 4.62. The monoisotopic (exact) mass is 933 g/mol. The molecule has 0 atom stereocenters. The van der Waals surface area contributed by atoms with Gasteiger partial charge in [0.05, 0.1) is 16.8 Å². The molecular weight excluding hydrogens is 860 g/mol. The van der Waals surface area contributed by atoms with Gasteiger partial charge in [0.25, 0.3) is 6.71 Å². The van der Waals surface area contributed by atoms with E-state index < -0.39 is 0 Å². The summed E-state index contributed by atoms with van der Waals surface area (Å²) in [4.78, 5) is 5.37. The largest absolute Gasteiger partial charge is 0.456 e.